The smallest absolute Gasteiger partial charge is 0.129 e. The molecule has 4 heteroatoms. The zero-order chi connectivity index (χ0) is 14.2. The van der Waals surface area contributed by atoms with Crippen molar-refractivity contribution in [2.45, 2.75) is 18.9 Å². The van der Waals surface area contributed by atoms with Gasteiger partial charge in [0.15, 0.2) is 0 Å². The molecule has 0 bridgehead atoms. The standard InChI is InChI=1S/C17H18N4/c1-20-12-14(11-18-20)16-7-4-10-21(16)17-9-8-13-5-2-3-6-15(13)19-17/h2-3,5-6,8-9,11-12,16H,4,7,10H2,1H3. The maximum absolute atomic E-state index is 4.84. The molecule has 0 saturated carbocycles. The third-order valence-electron chi connectivity index (χ3n) is 4.24. The molecule has 2 aromatic heterocycles. The molecular weight excluding hydrogens is 260 g/mol. The summed E-state index contributed by atoms with van der Waals surface area (Å²) < 4.78 is 1.87. The Hall–Kier alpha value is -2.36. The van der Waals surface area contributed by atoms with Gasteiger partial charge in [-0.3, -0.25) is 4.68 Å². The third kappa shape index (κ3) is 2.17. The van der Waals surface area contributed by atoms with Crippen LogP contribution in [0, 0.1) is 0 Å². The highest BCUT2D eigenvalue weighted by Crippen LogP contribution is 2.35. The Morgan fingerprint density at radius 1 is 1.14 bits per heavy atom. The first-order valence-electron chi connectivity index (χ1n) is 7.42. The molecule has 0 spiro atoms. The van der Waals surface area contributed by atoms with Gasteiger partial charge in [-0.15, -0.1) is 0 Å². The number of pyridine rings is 1. The number of fused-ring (bicyclic) bond motifs is 1. The van der Waals surface area contributed by atoms with Gasteiger partial charge in [0.25, 0.3) is 0 Å². The fourth-order valence-corrected chi connectivity index (χ4v) is 3.21. The van der Waals surface area contributed by atoms with Crippen LogP contribution in [0.25, 0.3) is 10.9 Å². The van der Waals surface area contributed by atoms with Crippen molar-refractivity contribution in [1.82, 2.24) is 14.8 Å². The van der Waals surface area contributed by atoms with Crippen LogP contribution in [0.4, 0.5) is 5.82 Å². The predicted molar refractivity (Wildman–Crippen MR) is 84.3 cm³/mol. The second-order valence-corrected chi connectivity index (χ2v) is 5.66. The van der Waals surface area contributed by atoms with Gasteiger partial charge in [0.2, 0.25) is 0 Å². The summed E-state index contributed by atoms with van der Waals surface area (Å²) >= 11 is 0. The van der Waals surface area contributed by atoms with Crippen molar-refractivity contribution in [3.63, 3.8) is 0 Å². The summed E-state index contributed by atoms with van der Waals surface area (Å²) in [6, 6.07) is 13.0. The Morgan fingerprint density at radius 2 is 2.05 bits per heavy atom. The van der Waals surface area contributed by atoms with Gasteiger partial charge in [-0.1, -0.05) is 18.2 Å². The molecular formula is C17H18N4. The molecule has 1 aliphatic heterocycles. The second-order valence-electron chi connectivity index (χ2n) is 5.66. The van der Waals surface area contributed by atoms with Crippen molar-refractivity contribution in [3.8, 4) is 0 Å². The normalized spacial score (nSPS) is 18.5. The Labute approximate surface area is 124 Å². The van der Waals surface area contributed by atoms with Crippen molar-refractivity contribution in [3.05, 3.63) is 54.4 Å². The molecule has 0 radical (unpaired) electrons. The molecule has 106 valence electrons. The van der Waals surface area contributed by atoms with Crippen LogP contribution in [0.3, 0.4) is 0 Å². The summed E-state index contributed by atoms with van der Waals surface area (Å²) in [5.74, 6) is 1.07. The van der Waals surface area contributed by atoms with Gasteiger partial charge >= 0.3 is 0 Å². The minimum absolute atomic E-state index is 0.396. The summed E-state index contributed by atoms with van der Waals surface area (Å²) in [6.45, 7) is 1.06. The monoisotopic (exact) mass is 278 g/mol. The molecule has 1 saturated heterocycles. The molecule has 4 nitrogen and oxygen atoms in total. The highest BCUT2D eigenvalue weighted by molar-refractivity contribution is 5.80. The molecule has 0 aliphatic carbocycles. The Bertz CT molecular complexity index is 777. The summed E-state index contributed by atoms with van der Waals surface area (Å²) in [5, 5.41) is 5.50. The number of aromatic nitrogens is 3. The lowest BCUT2D eigenvalue weighted by atomic mass is 10.1. The molecule has 0 N–H and O–H groups in total. The molecule has 1 unspecified atom stereocenters. The Balaban J connectivity index is 1.72. The third-order valence-corrected chi connectivity index (χ3v) is 4.24. The zero-order valence-corrected chi connectivity index (χ0v) is 12.1. The van der Waals surface area contributed by atoms with E-state index in [1.807, 2.05) is 24.0 Å². The van der Waals surface area contributed by atoms with Crippen molar-refractivity contribution in [2.24, 2.45) is 7.05 Å². The van der Waals surface area contributed by atoms with Crippen LogP contribution in [0.15, 0.2) is 48.8 Å². The van der Waals surface area contributed by atoms with Crippen LogP contribution in [0.2, 0.25) is 0 Å². The molecule has 1 aromatic carbocycles. The minimum Gasteiger partial charge on any atom is -0.349 e. The van der Waals surface area contributed by atoms with Crippen LogP contribution in [0.5, 0.6) is 0 Å². The first kappa shape index (κ1) is 12.4. The number of hydrogen-bond donors (Lipinski definition) is 0. The van der Waals surface area contributed by atoms with E-state index in [0.29, 0.717) is 6.04 Å². The van der Waals surface area contributed by atoms with Gasteiger partial charge in [-0.2, -0.15) is 5.10 Å². The van der Waals surface area contributed by atoms with Gasteiger partial charge < -0.3 is 4.90 Å². The second kappa shape index (κ2) is 4.88. The quantitative estimate of drug-likeness (QED) is 0.721. The Kier molecular flexibility index (Phi) is 2.88. The Morgan fingerprint density at radius 3 is 2.90 bits per heavy atom. The summed E-state index contributed by atoms with van der Waals surface area (Å²) in [6.07, 6.45) is 6.46. The van der Waals surface area contributed by atoms with Crippen LogP contribution in [0.1, 0.15) is 24.4 Å². The van der Waals surface area contributed by atoms with Gasteiger partial charge in [-0.25, -0.2) is 4.98 Å². The van der Waals surface area contributed by atoms with Crippen LogP contribution in [-0.4, -0.2) is 21.3 Å². The molecule has 1 fully saturated rings. The largest absolute Gasteiger partial charge is 0.349 e. The van der Waals surface area contributed by atoms with Crippen LogP contribution < -0.4 is 4.90 Å². The number of aryl methyl sites for hydroxylation is 1. The molecule has 1 atom stereocenters. The molecule has 1 aliphatic rings. The van der Waals surface area contributed by atoms with Crippen LogP contribution in [-0.2, 0) is 7.05 Å². The molecule has 0 amide bonds. The molecule has 3 heterocycles. The van der Waals surface area contributed by atoms with E-state index in [-0.39, 0.29) is 0 Å². The van der Waals surface area contributed by atoms with E-state index in [1.54, 1.807) is 0 Å². The number of rotatable bonds is 2. The first-order chi connectivity index (χ1) is 10.3. The first-order valence-corrected chi connectivity index (χ1v) is 7.42. The molecule has 4 rings (SSSR count). The van der Waals surface area contributed by atoms with E-state index in [9.17, 15) is 0 Å². The van der Waals surface area contributed by atoms with Gasteiger partial charge in [-0.05, 0) is 31.0 Å². The van der Waals surface area contributed by atoms with Gasteiger partial charge in [0, 0.05) is 30.7 Å². The number of para-hydroxylation sites is 1. The van der Waals surface area contributed by atoms with E-state index in [4.69, 9.17) is 4.98 Å². The predicted octanol–water partition coefficient (Wildman–Crippen LogP) is 3.31. The lowest BCUT2D eigenvalue weighted by molar-refractivity contribution is 0.709. The highest BCUT2D eigenvalue weighted by atomic mass is 15.3. The average Bonchev–Trinajstić information content (AvgIpc) is 3.15. The fourth-order valence-electron chi connectivity index (χ4n) is 3.21. The van der Waals surface area contributed by atoms with E-state index in [2.05, 4.69) is 46.5 Å². The van der Waals surface area contributed by atoms with E-state index in [0.717, 1.165) is 17.9 Å². The zero-order valence-electron chi connectivity index (χ0n) is 12.1. The lowest BCUT2D eigenvalue weighted by Gasteiger charge is -2.25. The van der Waals surface area contributed by atoms with E-state index >= 15 is 0 Å². The highest BCUT2D eigenvalue weighted by Gasteiger charge is 2.28. The van der Waals surface area contributed by atoms with Crippen molar-refractivity contribution >= 4 is 16.7 Å². The summed E-state index contributed by atoms with van der Waals surface area (Å²) in [4.78, 5) is 7.24. The maximum atomic E-state index is 4.84. The van der Waals surface area contributed by atoms with Crippen LogP contribution >= 0.6 is 0 Å². The van der Waals surface area contributed by atoms with E-state index < -0.39 is 0 Å². The summed E-state index contributed by atoms with van der Waals surface area (Å²) in [7, 11) is 1.97. The van der Waals surface area contributed by atoms with Gasteiger partial charge in [0.05, 0.1) is 17.8 Å². The van der Waals surface area contributed by atoms with Crippen molar-refractivity contribution in [2.75, 3.05) is 11.4 Å². The lowest BCUT2D eigenvalue weighted by Crippen LogP contribution is -2.23. The maximum Gasteiger partial charge on any atom is 0.129 e. The van der Waals surface area contributed by atoms with Crippen molar-refractivity contribution in [1.29, 1.82) is 0 Å². The number of anilines is 1. The number of benzene rings is 1. The fraction of sp³-hybridized carbons (Fsp3) is 0.294. The topological polar surface area (TPSA) is 34.0 Å². The van der Waals surface area contributed by atoms with E-state index in [1.165, 1.54) is 23.8 Å². The average molecular weight is 278 g/mol. The molecule has 21 heavy (non-hydrogen) atoms. The minimum atomic E-state index is 0.396. The SMILES string of the molecule is Cn1cc(C2CCCN2c2ccc3ccccc3n2)cn1. The van der Waals surface area contributed by atoms with Crippen molar-refractivity contribution < 1.29 is 0 Å². The summed E-state index contributed by atoms with van der Waals surface area (Å²) in [5.41, 5.74) is 2.34. The number of nitrogens with zero attached hydrogens (tertiary/aromatic N) is 4. The van der Waals surface area contributed by atoms with Gasteiger partial charge in [0.1, 0.15) is 5.82 Å². The number of hydrogen-bond acceptors (Lipinski definition) is 3. The molecule has 3 aromatic rings.